The maximum Gasteiger partial charge on any atom is 0.256 e. The van der Waals surface area contributed by atoms with Crippen LogP contribution in [0.15, 0.2) is 0 Å². The van der Waals surface area contributed by atoms with Crippen LogP contribution < -0.4 is 5.32 Å². The van der Waals surface area contributed by atoms with Crippen molar-refractivity contribution in [3.05, 3.63) is 0 Å². The van der Waals surface area contributed by atoms with Gasteiger partial charge in [0, 0.05) is 5.16 Å². The first-order valence-corrected chi connectivity index (χ1v) is 9.74. The SMILES string of the molecule is CC1([SiH](Cl)Cl)NCCC2CCCCC21. The molecule has 0 bridgehead atoms. The summed E-state index contributed by atoms with van der Waals surface area (Å²) in [6, 6.07) is 0. The molecule has 3 unspecified atom stereocenters. The summed E-state index contributed by atoms with van der Waals surface area (Å²) in [6.07, 6.45) is 6.84. The van der Waals surface area contributed by atoms with Gasteiger partial charge in [0.25, 0.3) is 7.42 Å². The number of fused-ring (bicyclic) bond motifs is 1. The average Bonchev–Trinajstić information content (AvgIpc) is 2.18. The standard InChI is InChI=1S/C10H19Cl2NSi/c1-10(14(11)12)9-5-3-2-4-8(9)6-7-13-10/h8-9,13-14H,2-7H2,1H3. The second-order valence-electron chi connectivity index (χ2n) is 4.95. The molecule has 0 aromatic carbocycles. The van der Waals surface area contributed by atoms with Gasteiger partial charge in [0.15, 0.2) is 0 Å². The Morgan fingerprint density at radius 3 is 2.64 bits per heavy atom. The largest absolute Gasteiger partial charge is 0.312 e. The Bertz CT molecular complexity index is 210. The highest BCUT2D eigenvalue weighted by molar-refractivity contribution is 7.35. The molecule has 3 atom stereocenters. The van der Waals surface area contributed by atoms with Crippen LogP contribution in [-0.2, 0) is 0 Å². The van der Waals surface area contributed by atoms with Crippen LogP contribution in [0.2, 0.25) is 0 Å². The molecule has 0 spiro atoms. The quantitative estimate of drug-likeness (QED) is 0.559. The summed E-state index contributed by atoms with van der Waals surface area (Å²) in [6.45, 7) is 3.37. The maximum atomic E-state index is 6.26. The summed E-state index contributed by atoms with van der Waals surface area (Å²) in [7, 11) is -1.63. The summed E-state index contributed by atoms with van der Waals surface area (Å²) in [5.74, 6) is 1.64. The van der Waals surface area contributed by atoms with Gasteiger partial charge in [0.2, 0.25) is 0 Å². The molecule has 14 heavy (non-hydrogen) atoms. The first-order valence-electron chi connectivity index (χ1n) is 5.68. The van der Waals surface area contributed by atoms with Gasteiger partial charge >= 0.3 is 0 Å². The molecule has 1 aliphatic carbocycles. The zero-order chi connectivity index (χ0) is 10.2. The lowest BCUT2D eigenvalue weighted by atomic mass is 9.71. The molecular weight excluding hydrogens is 233 g/mol. The normalized spacial score (nSPS) is 43.7. The van der Waals surface area contributed by atoms with Crippen molar-refractivity contribution >= 4 is 29.6 Å². The number of nitrogens with one attached hydrogen (secondary N) is 1. The molecule has 1 saturated heterocycles. The minimum Gasteiger partial charge on any atom is -0.312 e. The van der Waals surface area contributed by atoms with Crippen molar-refractivity contribution in [2.24, 2.45) is 11.8 Å². The van der Waals surface area contributed by atoms with Crippen molar-refractivity contribution in [2.75, 3.05) is 6.54 Å². The van der Waals surface area contributed by atoms with E-state index in [1.807, 2.05) is 0 Å². The third-order valence-corrected chi connectivity index (χ3v) is 8.41. The van der Waals surface area contributed by atoms with Crippen molar-refractivity contribution in [1.82, 2.24) is 5.32 Å². The smallest absolute Gasteiger partial charge is 0.256 e. The van der Waals surface area contributed by atoms with E-state index in [0.29, 0.717) is 0 Å². The van der Waals surface area contributed by atoms with E-state index in [-0.39, 0.29) is 5.16 Å². The van der Waals surface area contributed by atoms with Crippen molar-refractivity contribution in [2.45, 2.75) is 44.2 Å². The van der Waals surface area contributed by atoms with Gasteiger partial charge in [-0.05, 0) is 38.1 Å². The lowest BCUT2D eigenvalue weighted by Gasteiger charge is -2.49. The second kappa shape index (κ2) is 4.32. The number of rotatable bonds is 1. The Morgan fingerprint density at radius 1 is 1.21 bits per heavy atom. The first kappa shape index (κ1) is 11.2. The molecule has 0 amide bonds. The summed E-state index contributed by atoms with van der Waals surface area (Å²) in [5, 5.41) is 3.68. The van der Waals surface area contributed by atoms with Gasteiger partial charge in [0.1, 0.15) is 0 Å². The Morgan fingerprint density at radius 2 is 1.93 bits per heavy atom. The van der Waals surface area contributed by atoms with E-state index >= 15 is 0 Å². The molecule has 1 saturated carbocycles. The van der Waals surface area contributed by atoms with Crippen molar-refractivity contribution in [3.8, 4) is 0 Å². The number of hydrogen-bond acceptors (Lipinski definition) is 1. The summed E-state index contributed by atoms with van der Waals surface area (Å²) in [4.78, 5) is 0. The zero-order valence-electron chi connectivity index (χ0n) is 8.73. The van der Waals surface area contributed by atoms with Crippen LogP contribution in [0.5, 0.6) is 0 Å². The monoisotopic (exact) mass is 251 g/mol. The Labute approximate surface area is 97.6 Å². The fraction of sp³-hybridized carbons (Fsp3) is 1.00. The molecule has 0 radical (unpaired) electrons. The first-order chi connectivity index (χ1) is 6.64. The van der Waals surface area contributed by atoms with E-state index < -0.39 is 7.42 Å². The predicted molar refractivity (Wildman–Crippen MR) is 65.3 cm³/mol. The molecule has 1 N–H and O–H groups in total. The summed E-state index contributed by atoms with van der Waals surface area (Å²) in [5.41, 5.74) is 0. The van der Waals surface area contributed by atoms with Crippen molar-refractivity contribution in [3.63, 3.8) is 0 Å². The fourth-order valence-electron chi connectivity index (χ4n) is 3.24. The van der Waals surface area contributed by atoms with E-state index in [1.165, 1.54) is 32.1 Å². The maximum absolute atomic E-state index is 6.26. The molecule has 1 aliphatic heterocycles. The minimum atomic E-state index is -1.63. The van der Waals surface area contributed by atoms with Crippen LogP contribution in [0.4, 0.5) is 0 Å². The Hall–Kier alpha value is 0.757. The van der Waals surface area contributed by atoms with Crippen LogP contribution in [-0.4, -0.2) is 19.1 Å². The molecule has 0 aromatic rings. The van der Waals surface area contributed by atoms with Gasteiger partial charge in [-0.1, -0.05) is 19.3 Å². The number of halogens is 2. The van der Waals surface area contributed by atoms with Crippen LogP contribution >= 0.6 is 22.2 Å². The number of hydrogen-bond donors (Lipinski definition) is 1. The van der Waals surface area contributed by atoms with E-state index in [4.69, 9.17) is 22.2 Å². The van der Waals surface area contributed by atoms with E-state index in [1.54, 1.807) is 0 Å². The van der Waals surface area contributed by atoms with E-state index in [2.05, 4.69) is 12.2 Å². The molecular formula is C10H19Cl2NSi. The molecule has 4 heteroatoms. The van der Waals surface area contributed by atoms with E-state index in [9.17, 15) is 0 Å². The van der Waals surface area contributed by atoms with Crippen LogP contribution in [0.25, 0.3) is 0 Å². The van der Waals surface area contributed by atoms with Crippen LogP contribution in [0.3, 0.4) is 0 Å². The lowest BCUT2D eigenvalue weighted by Crippen LogP contribution is -2.62. The van der Waals surface area contributed by atoms with Crippen LogP contribution in [0.1, 0.15) is 39.0 Å². The zero-order valence-corrected chi connectivity index (χ0v) is 11.4. The lowest BCUT2D eigenvalue weighted by molar-refractivity contribution is 0.118. The van der Waals surface area contributed by atoms with Crippen molar-refractivity contribution < 1.29 is 0 Å². The van der Waals surface area contributed by atoms with Gasteiger partial charge in [-0.3, -0.25) is 0 Å². The third kappa shape index (κ3) is 1.86. The van der Waals surface area contributed by atoms with Gasteiger partial charge < -0.3 is 5.32 Å². The highest BCUT2D eigenvalue weighted by Crippen LogP contribution is 2.43. The molecule has 1 nitrogen and oxygen atoms in total. The molecule has 2 fully saturated rings. The van der Waals surface area contributed by atoms with Gasteiger partial charge in [0.05, 0.1) is 0 Å². The van der Waals surface area contributed by atoms with Gasteiger partial charge in [-0.2, -0.15) is 0 Å². The summed E-state index contributed by atoms with van der Waals surface area (Å²) >= 11 is 12.5. The average molecular weight is 252 g/mol. The van der Waals surface area contributed by atoms with Gasteiger partial charge in [-0.25, -0.2) is 0 Å². The fourth-order valence-corrected chi connectivity index (χ4v) is 5.73. The highest BCUT2D eigenvalue weighted by Gasteiger charge is 2.47. The van der Waals surface area contributed by atoms with Gasteiger partial charge in [-0.15, -0.1) is 22.2 Å². The second-order valence-corrected chi connectivity index (χ2v) is 10.0. The van der Waals surface area contributed by atoms with E-state index in [0.717, 1.165) is 18.4 Å². The summed E-state index contributed by atoms with van der Waals surface area (Å²) < 4.78 is 0. The van der Waals surface area contributed by atoms with Crippen LogP contribution in [0, 0.1) is 11.8 Å². The Kier molecular flexibility index (Phi) is 3.47. The minimum absolute atomic E-state index is 0.0897. The Balaban J connectivity index is 2.15. The predicted octanol–water partition coefficient (Wildman–Crippen LogP) is 2.78. The topological polar surface area (TPSA) is 12.0 Å². The number of piperidine rings is 1. The highest BCUT2D eigenvalue weighted by atomic mass is 35.7. The van der Waals surface area contributed by atoms with Crippen molar-refractivity contribution in [1.29, 1.82) is 0 Å². The molecule has 1 heterocycles. The molecule has 2 rings (SSSR count). The molecule has 82 valence electrons. The third-order valence-electron chi connectivity index (χ3n) is 4.15. The molecule has 2 aliphatic rings. The molecule has 0 aromatic heterocycles.